The highest BCUT2D eigenvalue weighted by molar-refractivity contribution is 7.09. The third-order valence-corrected chi connectivity index (χ3v) is 3.09. The van der Waals surface area contributed by atoms with Gasteiger partial charge in [0.05, 0.1) is 12.7 Å². The Labute approximate surface area is 93.2 Å². The van der Waals surface area contributed by atoms with Crippen molar-refractivity contribution in [1.29, 1.82) is 0 Å². The van der Waals surface area contributed by atoms with Gasteiger partial charge in [-0.1, -0.05) is 6.07 Å². The lowest BCUT2D eigenvalue weighted by Gasteiger charge is -2.10. The lowest BCUT2D eigenvalue weighted by Crippen LogP contribution is -2.27. The number of oxazole rings is 1. The second kappa shape index (κ2) is 5.09. The molecule has 1 unspecified atom stereocenters. The molecule has 0 aliphatic rings. The molecule has 2 rings (SSSR count). The van der Waals surface area contributed by atoms with Gasteiger partial charge in [-0.25, -0.2) is 4.98 Å². The number of thiophene rings is 1. The van der Waals surface area contributed by atoms with Crippen LogP contribution in [0.3, 0.4) is 0 Å². The molecule has 0 saturated carbocycles. The highest BCUT2D eigenvalue weighted by atomic mass is 32.1. The van der Waals surface area contributed by atoms with Crippen LogP contribution in [0, 0.1) is 0 Å². The molecule has 3 nitrogen and oxygen atoms in total. The third kappa shape index (κ3) is 3.18. The Bertz CT molecular complexity index is 369. The predicted octanol–water partition coefficient (Wildman–Crippen LogP) is 2.46. The molecule has 1 N–H and O–H groups in total. The molecule has 2 aromatic rings. The predicted molar refractivity (Wildman–Crippen MR) is 60.8 cm³/mol. The zero-order valence-electron chi connectivity index (χ0n) is 8.64. The van der Waals surface area contributed by atoms with E-state index in [4.69, 9.17) is 4.42 Å². The summed E-state index contributed by atoms with van der Waals surface area (Å²) in [4.78, 5) is 5.28. The van der Waals surface area contributed by atoms with Gasteiger partial charge in [0.1, 0.15) is 5.76 Å². The van der Waals surface area contributed by atoms with E-state index in [-0.39, 0.29) is 0 Å². The lowest BCUT2D eigenvalue weighted by atomic mass is 10.2. The minimum Gasteiger partial charge on any atom is -0.447 e. The van der Waals surface area contributed by atoms with E-state index in [9.17, 15) is 0 Å². The van der Waals surface area contributed by atoms with E-state index in [1.807, 2.05) is 0 Å². The van der Waals surface area contributed by atoms with Crippen LogP contribution in [-0.4, -0.2) is 11.0 Å². The first-order valence-corrected chi connectivity index (χ1v) is 5.85. The van der Waals surface area contributed by atoms with E-state index >= 15 is 0 Å². The molecule has 0 aliphatic carbocycles. The second-order valence-electron chi connectivity index (χ2n) is 3.53. The van der Waals surface area contributed by atoms with Crippen molar-refractivity contribution in [3.05, 3.63) is 40.7 Å². The number of hydrogen-bond acceptors (Lipinski definition) is 4. The summed E-state index contributed by atoms with van der Waals surface area (Å²) in [7, 11) is 0. The van der Waals surface area contributed by atoms with Gasteiger partial charge in [0.25, 0.3) is 0 Å². The minimum atomic E-state index is 0.453. The van der Waals surface area contributed by atoms with E-state index in [0.29, 0.717) is 6.04 Å². The quantitative estimate of drug-likeness (QED) is 0.844. The van der Waals surface area contributed by atoms with Gasteiger partial charge >= 0.3 is 0 Å². The van der Waals surface area contributed by atoms with Crippen molar-refractivity contribution < 1.29 is 4.42 Å². The fourth-order valence-electron chi connectivity index (χ4n) is 1.41. The number of nitrogens with one attached hydrogen (secondary N) is 1. The minimum absolute atomic E-state index is 0.453. The van der Waals surface area contributed by atoms with Gasteiger partial charge in [0.15, 0.2) is 6.39 Å². The first kappa shape index (κ1) is 10.4. The van der Waals surface area contributed by atoms with Crippen LogP contribution in [0.15, 0.2) is 34.5 Å². The highest BCUT2D eigenvalue weighted by Gasteiger charge is 2.04. The molecule has 0 spiro atoms. The van der Waals surface area contributed by atoms with Gasteiger partial charge in [-0.2, -0.15) is 0 Å². The van der Waals surface area contributed by atoms with Gasteiger partial charge in [0.2, 0.25) is 0 Å². The van der Waals surface area contributed by atoms with Crippen LogP contribution >= 0.6 is 11.3 Å². The summed E-state index contributed by atoms with van der Waals surface area (Å²) < 4.78 is 5.15. The molecule has 0 amide bonds. The molecular weight excluding hydrogens is 208 g/mol. The standard InChI is InChI=1S/C11H14N2OS/c1-9(5-11-3-2-4-15-11)13-7-10-6-12-8-14-10/h2-4,6,8-9,13H,5,7H2,1H3. The van der Waals surface area contributed by atoms with E-state index in [1.165, 1.54) is 11.3 Å². The van der Waals surface area contributed by atoms with Crippen molar-refractivity contribution in [3.63, 3.8) is 0 Å². The smallest absolute Gasteiger partial charge is 0.180 e. The number of hydrogen-bond donors (Lipinski definition) is 1. The Hall–Kier alpha value is -1.13. The number of nitrogens with zero attached hydrogens (tertiary/aromatic N) is 1. The summed E-state index contributed by atoms with van der Waals surface area (Å²) in [6.07, 6.45) is 4.26. The first-order chi connectivity index (χ1) is 7.34. The Morgan fingerprint density at radius 1 is 1.60 bits per heavy atom. The molecule has 1 atom stereocenters. The molecular formula is C11H14N2OS. The summed E-state index contributed by atoms with van der Waals surface area (Å²) in [5, 5.41) is 5.51. The van der Waals surface area contributed by atoms with Crippen molar-refractivity contribution in [1.82, 2.24) is 10.3 Å². The van der Waals surface area contributed by atoms with Crippen LogP contribution in [0.4, 0.5) is 0 Å². The SMILES string of the molecule is CC(Cc1cccs1)NCc1cnco1. The van der Waals surface area contributed by atoms with Gasteiger partial charge in [-0.3, -0.25) is 0 Å². The zero-order valence-corrected chi connectivity index (χ0v) is 9.46. The van der Waals surface area contributed by atoms with Crippen molar-refractivity contribution in [2.45, 2.75) is 25.9 Å². The topological polar surface area (TPSA) is 38.1 Å². The Kier molecular flexibility index (Phi) is 3.53. The monoisotopic (exact) mass is 222 g/mol. The van der Waals surface area contributed by atoms with Crippen LogP contribution in [0.25, 0.3) is 0 Å². The largest absolute Gasteiger partial charge is 0.447 e. The zero-order chi connectivity index (χ0) is 10.5. The second-order valence-corrected chi connectivity index (χ2v) is 4.57. The summed E-state index contributed by atoms with van der Waals surface area (Å²) >= 11 is 1.80. The Morgan fingerprint density at radius 2 is 2.53 bits per heavy atom. The van der Waals surface area contributed by atoms with Crippen LogP contribution in [0.1, 0.15) is 17.6 Å². The number of rotatable bonds is 5. The normalized spacial score (nSPS) is 12.9. The van der Waals surface area contributed by atoms with Crippen molar-refractivity contribution in [2.75, 3.05) is 0 Å². The van der Waals surface area contributed by atoms with Gasteiger partial charge in [-0.15, -0.1) is 11.3 Å². The van der Waals surface area contributed by atoms with Crippen molar-refractivity contribution in [3.8, 4) is 0 Å². The molecule has 0 bridgehead atoms. The fraction of sp³-hybridized carbons (Fsp3) is 0.364. The molecule has 0 aromatic carbocycles. The first-order valence-electron chi connectivity index (χ1n) is 4.98. The summed E-state index contributed by atoms with van der Waals surface area (Å²) in [6, 6.07) is 4.70. The molecule has 80 valence electrons. The number of aromatic nitrogens is 1. The molecule has 4 heteroatoms. The Morgan fingerprint density at radius 3 is 3.20 bits per heavy atom. The fourth-order valence-corrected chi connectivity index (χ4v) is 2.24. The molecule has 2 heterocycles. The maximum absolute atomic E-state index is 5.15. The van der Waals surface area contributed by atoms with Gasteiger partial charge in [0, 0.05) is 10.9 Å². The molecule has 0 radical (unpaired) electrons. The average molecular weight is 222 g/mol. The molecule has 2 aromatic heterocycles. The maximum Gasteiger partial charge on any atom is 0.180 e. The summed E-state index contributed by atoms with van der Waals surface area (Å²) in [5.41, 5.74) is 0. The van der Waals surface area contributed by atoms with Gasteiger partial charge in [-0.05, 0) is 24.8 Å². The summed E-state index contributed by atoms with van der Waals surface area (Å²) in [6.45, 7) is 2.92. The van der Waals surface area contributed by atoms with E-state index in [2.05, 4.69) is 34.7 Å². The molecule has 0 fully saturated rings. The molecule has 0 saturated heterocycles. The average Bonchev–Trinajstić information content (AvgIpc) is 2.86. The highest BCUT2D eigenvalue weighted by Crippen LogP contribution is 2.11. The molecule has 0 aliphatic heterocycles. The van der Waals surface area contributed by atoms with E-state index in [0.717, 1.165) is 18.7 Å². The maximum atomic E-state index is 5.15. The van der Waals surface area contributed by atoms with E-state index in [1.54, 1.807) is 17.5 Å². The van der Waals surface area contributed by atoms with Crippen LogP contribution in [0.2, 0.25) is 0 Å². The lowest BCUT2D eigenvalue weighted by molar-refractivity contribution is 0.452. The third-order valence-electron chi connectivity index (χ3n) is 2.20. The van der Waals surface area contributed by atoms with E-state index < -0.39 is 0 Å². The van der Waals surface area contributed by atoms with Crippen molar-refractivity contribution >= 4 is 11.3 Å². The van der Waals surface area contributed by atoms with Crippen molar-refractivity contribution in [2.24, 2.45) is 0 Å². The van der Waals surface area contributed by atoms with Gasteiger partial charge < -0.3 is 9.73 Å². The van der Waals surface area contributed by atoms with Crippen LogP contribution < -0.4 is 5.32 Å². The van der Waals surface area contributed by atoms with Crippen LogP contribution in [0.5, 0.6) is 0 Å². The van der Waals surface area contributed by atoms with Crippen LogP contribution in [-0.2, 0) is 13.0 Å². The Balaban J connectivity index is 1.76. The molecule has 15 heavy (non-hydrogen) atoms. The summed E-state index contributed by atoms with van der Waals surface area (Å²) in [5.74, 6) is 0.882.